The fraction of sp³-hybridized carbons (Fsp3) is 0.214. The third kappa shape index (κ3) is 4.64. The molecule has 7 heteroatoms. The molecule has 2 aromatic carbocycles. The first-order valence-electron chi connectivity index (χ1n) is 11.7. The van der Waals surface area contributed by atoms with Gasteiger partial charge in [0.2, 0.25) is 0 Å². The predicted molar refractivity (Wildman–Crippen MR) is 140 cm³/mol. The van der Waals surface area contributed by atoms with Crippen molar-refractivity contribution in [2.75, 3.05) is 12.4 Å². The minimum absolute atomic E-state index is 0.0638. The maximum Gasteiger partial charge on any atom is 0.178 e. The Morgan fingerprint density at radius 1 is 1.03 bits per heavy atom. The predicted octanol–water partition coefficient (Wildman–Crippen LogP) is 5.89. The highest BCUT2D eigenvalue weighted by Crippen LogP contribution is 2.39. The smallest absolute Gasteiger partial charge is 0.178 e. The van der Waals surface area contributed by atoms with Crippen molar-refractivity contribution in [1.29, 1.82) is 0 Å². The first-order chi connectivity index (χ1) is 17.0. The summed E-state index contributed by atoms with van der Waals surface area (Å²) >= 11 is 0. The van der Waals surface area contributed by atoms with Crippen LogP contribution in [0.15, 0.2) is 78.1 Å². The van der Waals surface area contributed by atoms with E-state index in [-0.39, 0.29) is 5.75 Å². The average Bonchev–Trinajstić information content (AvgIpc) is 3.26. The monoisotopic (exact) mass is 485 g/mol. The van der Waals surface area contributed by atoms with Crippen LogP contribution in [-0.2, 0) is 16.3 Å². The highest BCUT2D eigenvalue weighted by atomic mass is 32.2. The number of pyridine rings is 2. The fourth-order valence-electron chi connectivity index (χ4n) is 4.36. The molecule has 0 aliphatic rings. The van der Waals surface area contributed by atoms with Crippen LogP contribution in [0, 0.1) is 6.92 Å². The van der Waals surface area contributed by atoms with Gasteiger partial charge in [-0.1, -0.05) is 19.1 Å². The molecule has 6 nitrogen and oxygen atoms in total. The molecule has 3 aromatic heterocycles. The molecule has 5 aromatic rings. The molecule has 0 atom stereocenters. The summed E-state index contributed by atoms with van der Waals surface area (Å²) in [4.78, 5) is 12.4. The fourth-order valence-corrected chi connectivity index (χ4v) is 5.28. The van der Waals surface area contributed by atoms with Crippen LogP contribution in [-0.4, -0.2) is 35.7 Å². The largest absolute Gasteiger partial charge is 0.491 e. The summed E-state index contributed by atoms with van der Waals surface area (Å²) in [5.74, 6) is 0.820. The Kier molecular flexibility index (Phi) is 6.26. The van der Waals surface area contributed by atoms with Gasteiger partial charge in [0.05, 0.1) is 22.8 Å². The maximum absolute atomic E-state index is 12.5. The number of ether oxygens (including phenoxy) is 1. The lowest BCUT2D eigenvalue weighted by atomic mass is 9.99. The van der Waals surface area contributed by atoms with Crippen LogP contribution in [0.1, 0.15) is 24.5 Å². The number of nitrogens with one attached hydrogen (secondary N) is 1. The van der Waals surface area contributed by atoms with Gasteiger partial charge >= 0.3 is 0 Å². The van der Waals surface area contributed by atoms with E-state index < -0.39 is 9.84 Å². The summed E-state index contributed by atoms with van der Waals surface area (Å²) < 4.78 is 31.3. The zero-order valence-electron chi connectivity index (χ0n) is 19.8. The van der Waals surface area contributed by atoms with Gasteiger partial charge in [-0.2, -0.15) is 0 Å². The third-order valence-electron chi connectivity index (χ3n) is 6.21. The molecule has 0 unspecified atom stereocenters. The highest BCUT2D eigenvalue weighted by molar-refractivity contribution is 7.91. The Hall–Kier alpha value is -3.71. The molecule has 3 heterocycles. The molecule has 0 saturated heterocycles. The molecule has 0 saturated carbocycles. The van der Waals surface area contributed by atoms with Crippen molar-refractivity contribution >= 4 is 31.8 Å². The number of hydrogen-bond acceptors (Lipinski definition) is 5. The standard InChI is InChI=1S/C28H27N3O3S/c1-3-35(32,33)22-8-4-7-21(17-22)23-9-10-25(34-15-5-6-20-11-13-29-14-12-20)27-26(23)24-16-19(2)18-30-28(24)31-27/h4,7-14,16-18H,3,5-6,15H2,1-2H3,(H,30,31). The van der Waals surface area contributed by atoms with E-state index in [0.717, 1.165) is 57.2 Å². The summed E-state index contributed by atoms with van der Waals surface area (Å²) in [6.45, 7) is 4.25. The van der Waals surface area contributed by atoms with Gasteiger partial charge in [0.1, 0.15) is 11.4 Å². The Bertz CT molecular complexity index is 1610. The van der Waals surface area contributed by atoms with Gasteiger partial charge in [0, 0.05) is 29.4 Å². The van der Waals surface area contributed by atoms with E-state index >= 15 is 0 Å². The van der Waals surface area contributed by atoms with E-state index in [4.69, 9.17) is 4.74 Å². The molecule has 0 radical (unpaired) electrons. The number of hydrogen-bond donors (Lipinski definition) is 1. The summed E-state index contributed by atoms with van der Waals surface area (Å²) in [6.07, 6.45) is 7.23. The van der Waals surface area contributed by atoms with E-state index in [2.05, 4.69) is 21.0 Å². The number of benzene rings is 2. The lowest BCUT2D eigenvalue weighted by Gasteiger charge is -2.12. The number of aromatic nitrogens is 3. The van der Waals surface area contributed by atoms with E-state index in [1.807, 2.05) is 43.5 Å². The van der Waals surface area contributed by atoms with E-state index in [1.165, 1.54) is 5.56 Å². The second-order valence-corrected chi connectivity index (χ2v) is 10.9. The zero-order chi connectivity index (χ0) is 24.4. The van der Waals surface area contributed by atoms with Gasteiger partial charge in [-0.25, -0.2) is 13.4 Å². The molecule has 0 spiro atoms. The summed E-state index contributed by atoms with van der Waals surface area (Å²) in [5, 5.41) is 1.97. The van der Waals surface area contributed by atoms with Crippen LogP contribution >= 0.6 is 0 Å². The Labute approximate surface area is 204 Å². The second-order valence-electron chi connectivity index (χ2n) is 8.63. The number of rotatable bonds is 8. The van der Waals surface area contributed by atoms with E-state index in [1.54, 1.807) is 37.5 Å². The van der Waals surface area contributed by atoms with Gasteiger partial charge < -0.3 is 9.72 Å². The molecule has 0 aliphatic heterocycles. The van der Waals surface area contributed by atoms with Crippen LogP contribution in [0.5, 0.6) is 5.75 Å². The number of sulfone groups is 1. The lowest BCUT2D eigenvalue weighted by molar-refractivity contribution is 0.314. The van der Waals surface area contributed by atoms with Crippen LogP contribution in [0.25, 0.3) is 33.1 Å². The van der Waals surface area contributed by atoms with Crippen LogP contribution in [0.4, 0.5) is 0 Å². The quantitative estimate of drug-likeness (QED) is 0.277. The number of aromatic amines is 1. The normalized spacial score (nSPS) is 11.8. The molecule has 1 N–H and O–H groups in total. The summed E-state index contributed by atoms with van der Waals surface area (Å²) in [7, 11) is -3.31. The van der Waals surface area contributed by atoms with Crippen LogP contribution in [0.2, 0.25) is 0 Å². The summed E-state index contributed by atoms with van der Waals surface area (Å²) in [6, 6.07) is 17.3. The molecule has 35 heavy (non-hydrogen) atoms. The topological polar surface area (TPSA) is 84.9 Å². The van der Waals surface area contributed by atoms with E-state index in [9.17, 15) is 8.42 Å². The highest BCUT2D eigenvalue weighted by Gasteiger charge is 2.18. The summed E-state index contributed by atoms with van der Waals surface area (Å²) in [5.41, 5.74) is 5.71. The van der Waals surface area contributed by atoms with Crippen molar-refractivity contribution < 1.29 is 13.2 Å². The first-order valence-corrected chi connectivity index (χ1v) is 13.4. The van der Waals surface area contributed by atoms with Crippen molar-refractivity contribution in [3.8, 4) is 16.9 Å². The number of nitrogens with zero attached hydrogens (tertiary/aromatic N) is 2. The zero-order valence-corrected chi connectivity index (χ0v) is 20.6. The SMILES string of the molecule is CCS(=O)(=O)c1cccc(-c2ccc(OCCCc3ccncc3)c3[nH]c4ncc(C)cc4c23)c1. The number of aryl methyl sites for hydroxylation is 2. The van der Waals surface area contributed by atoms with Crippen LogP contribution < -0.4 is 4.74 Å². The molecule has 0 bridgehead atoms. The van der Waals surface area contributed by atoms with Gasteiger partial charge in [-0.3, -0.25) is 4.98 Å². The van der Waals surface area contributed by atoms with Crippen LogP contribution in [0.3, 0.4) is 0 Å². The van der Waals surface area contributed by atoms with Gasteiger partial charge in [-0.05, 0) is 84.5 Å². The Balaban J connectivity index is 1.55. The van der Waals surface area contributed by atoms with Gasteiger partial charge in [-0.15, -0.1) is 0 Å². The third-order valence-corrected chi connectivity index (χ3v) is 7.94. The van der Waals surface area contributed by atoms with Crippen molar-refractivity contribution in [1.82, 2.24) is 15.0 Å². The van der Waals surface area contributed by atoms with Gasteiger partial charge in [0.15, 0.2) is 9.84 Å². The molecular weight excluding hydrogens is 458 g/mol. The van der Waals surface area contributed by atoms with Crippen molar-refractivity contribution in [2.45, 2.75) is 31.6 Å². The van der Waals surface area contributed by atoms with Gasteiger partial charge in [0.25, 0.3) is 0 Å². The van der Waals surface area contributed by atoms with E-state index in [0.29, 0.717) is 11.5 Å². The minimum atomic E-state index is -3.31. The second kappa shape index (κ2) is 9.50. The molecule has 5 rings (SSSR count). The average molecular weight is 486 g/mol. The molecule has 0 fully saturated rings. The minimum Gasteiger partial charge on any atom is -0.491 e. The van der Waals surface area contributed by atoms with Crippen molar-refractivity contribution in [2.24, 2.45) is 0 Å². The lowest BCUT2D eigenvalue weighted by Crippen LogP contribution is -2.03. The van der Waals surface area contributed by atoms with Crippen molar-refractivity contribution in [3.05, 3.63) is 84.3 Å². The first kappa shape index (κ1) is 23.1. The maximum atomic E-state index is 12.5. The molecular formula is C28H27N3O3S. The Morgan fingerprint density at radius 3 is 2.66 bits per heavy atom. The number of H-pyrrole nitrogens is 1. The number of fused-ring (bicyclic) bond motifs is 3. The Morgan fingerprint density at radius 2 is 1.86 bits per heavy atom. The molecule has 0 aliphatic carbocycles. The molecule has 0 amide bonds. The molecule has 178 valence electrons. The van der Waals surface area contributed by atoms with Crippen molar-refractivity contribution in [3.63, 3.8) is 0 Å².